The molecule has 2 heterocycles. The van der Waals surface area contributed by atoms with Gasteiger partial charge in [-0.3, -0.25) is 0 Å². The second-order valence-electron chi connectivity index (χ2n) is 4.84. The Morgan fingerprint density at radius 3 is 2.77 bits per heavy atom. The van der Waals surface area contributed by atoms with Gasteiger partial charge < -0.3 is 9.47 Å². The summed E-state index contributed by atoms with van der Waals surface area (Å²) in [4.78, 5) is 16.7. The van der Waals surface area contributed by atoms with Gasteiger partial charge in [-0.2, -0.15) is 4.98 Å². The third-order valence-electron chi connectivity index (χ3n) is 3.21. The number of halogens is 2. The second-order valence-corrected chi connectivity index (χ2v) is 4.84. The molecule has 0 spiro atoms. The molecular weight excluding hydrogens is 294 g/mol. The molecule has 0 aromatic carbocycles. The predicted octanol–water partition coefficient (Wildman–Crippen LogP) is 2.46. The molecule has 1 saturated carbocycles. The quantitative estimate of drug-likeness (QED) is 0.816. The highest BCUT2D eigenvalue weighted by atomic mass is 19.3. The Bertz CT molecular complexity index is 665. The van der Waals surface area contributed by atoms with Crippen LogP contribution in [0.4, 0.5) is 8.78 Å². The Morgan fingerprint density at radius 2 is 2.09 bits per heavy atom. The fourth-order valence-corrected chi connectivity index (χ4v) is 2.10. The molecular formula is C14H14F2N4O2. The van der Waals surface area contributed by atoms with Crippen LogP contribution in [-0.4, -0.2) is 40.1 Å². The maximum absolute atomic E-state index is 12.2. The van der Waals surface area contributed by atoms with Crippen LogP contribution in [0.2, 0.25) is 0 Å². The summed E-state index contributed by atoms with van der Waals surface area (Å²) in [5.41, 5.74) is 1.41. The van der Waals surface area contributed by atoms with Crippen LogP contribution in [-0.2, 0) is 0 Å². The van der Waals surface area contributed by atoms with E-state index in [4.69, 9.17) is 9.47 Å². The molecule has 116 valence electrons. The van der Waals surface area contributed by atoms with Crippen molar-refractivity contribution in [2.24, 2.45) is 0 Å². The van der Waals surface area contributed by atoms with Crippen molar-refractivity contribution in [2.45, 2.75) is 25.2 Å². The molecule has 1 fully saturated rings. The van der Waals surface area contributed by atoms with Crippen LogP contribution in [0.3, 0.4) is 0 Å². The first-order valence-corrected chi connectivity index (χ1v) is 6.82. The van der Waals surface area contributed by atoms with Crippen molar-refractivity contribution in [3.05, 3.63) is 24.3 Å². The van der Waals surface area contributed by atoms with Gasteiger partial charge in [0.05, 0.1) is 12.8 Å². The lowest BCUT2D eigenvalue weighted by molar-refractivity contribution is 0.0796. The largest absolute Gasteiger partial charge is 0.480 e. The third-order valence-corrected chi connectivity index (χ3v) is 3.21. The van der Waals surface area contributed by atoms with Gasteiger partial charge in [-0.15, -0.1) is 0 Å². The number of nitrogens with zero attached hydrogens (tertiary/aromatic N) is 4. The first-order chi connectivity index (χ1) is 10.7. The molecule has 1 aliphatic carbocycles. The van der Waals surface area contributed by atoms with E-state index in [0.717, 1.165) is 18.5 Å². The minimum atomic E-state index is -2.56. The molecule has 0 atom stereocenters. The normalized spacial score (nSPS) is 14.2. The summed E-state index contributed by atoms with van der Waals surface area (Å²) in [5.74, 6) is 1.09. The van der Waals surface area contributed by atoms with E-state index >= 15 is 0 Å². The monoisotopic (exact) mass is 308 g/mol. The summed E-state index contributed by atoms with van der Waals surface area (Å²) in [6, 6.07) is 1.43. The van der Waals surface area contributed by atoms with Crippen molar-refractivity contribution in [1.82, 2.24) is 19.9 Å². The van der Waals surface area contributed by atoms with Gasteiger partial charge in [0.25, 0.3) is 6.43 Å². The molecule has 8 heteroatoms. The van der Waals surface area contributed by atoms with E-state index in [0.29, 0.717) is 23.2 Å². The Labute approximate surface area is 125 Å². The van der Waals surface area contributed by atoms with Crippen molar-refractivity contribution in [3.8, 4) is 23.1 Å². The molecule has 3 rings (SSSR count). The van der Waals surface area contributed by atoms with Gasteiger partial charge in [0.1, 0.15) is 11.9 Å². The Kier molecular flexibility index (Phi) is 4.08. The first-order valence-electron chi connectivity index (χ1n) is 6.82. The average molecular weight is 308 g/mol. The highest BCUT2D eigenvalue weighted by Crippen LogP contribution is 2.44. The molecule has 0 radical (unpaired) electrons. The van der Waals surface area contributed by atoms with Crippen LogP contribution in [0.15, 0.2) is 18.6 Å². The Hall–Kier alpha value is -2.38. The molecule has 0 saturated heterocycles. The van der Waals surface area contributed by atoms with Crippen molar-refractivity contribution in [3.63, 3.8) is 0 Å². The molecule has 0 amide bonds. The SMILES string of the molecule is COc1ncnc(C2CC2)c1-c1nccc(OCC(F)F)n1. The maximum atomic E-state index is 12.2. The summed E-state index contributed by atoms with van der Waals surface area (Å²) >= 11 is 0. The number of alkyl halides is 2. The second kappa shape index (κ2) is 6.17. The number of hydrogen-bond acceptors (Lipinski definition) is 6. The van der Waals surface area contributed by atoms with E-state index in [1.54, 1.807) is 0 Å². The van der Waals surface area contributed by atoms with E-state index < -0.39 is 13.0 Å². The van der Waals surface area contributed by atoms with E-state index in [1.165, 1.54) is 25.7 Å². The van der Waals surface area contributed by atoms with Gasteiger partial charge in [0.2, 0.25) is 11.8 Å². The maximum Gasteiger partial charge on any atom is 0.272 e. The smallest absolute Gasteiger partial charge is 0.272 e. The van der Waals surface area contributed by atoms with E-state index in [9.17, 15) is 8.78 Å². The Balaban J connectivity index is 1.98. The first kappa shape index (κ1) is 14.6. The number of hydrogen-bond donors (Lipinski definition) is 0. The van der Waals surface area contributed by atoms with Crippen molar-refractivity contribution < 1.29 is 18.3 Å². The lowest BCUT2D eigenvalue weighted by Gasteiger charge is -2.11. The number of ether oxygens (including phenoxy) is 2. The zero-order valence-electron chi connectivity index (χ0n) is 11.9. The molecule has 6 nitrogen and oxygen atoms in total. The molecule has 2 aromatic heterocycles. The van der Waals surface area contributed by atoms with Crippen LogP contribution >= 0.6 is 0 Å². The van der Waals surface area contributed by atoms with Crippen molar-refractivity contribution >= 4 is 0 Å². The highest BCUT2D eigenvalue weighted by Gasteiger charge is 2.31. The molecule has 2 aromatic rings. The van der Waals surface area contributed by atoms with Gasteiger partial charge in [-0.05, 0) is 12.8 Å². The minimum Gasteiger partial charge on any atom is -0.480 e. The van der Waals surface area contributed by atoms with Crippen molar-refractivity contribution in [1.29, 1.82) is 0 Å². The lowest BCUT2D eigenvalue weighted by atomic mass is 10.1. The summed E-state index contributed by atoms with van der Waals surface area (Å²) in [6.07, 6.45) is 2.40. The van der Waals surface area contributed by atoms with E-state index in [1.807, 2.05) is 0 Å². The highest BCUT2D eigenvalue weighted by molar-refractivity contribution is 5.66. The van der Waals surface area contributed by atoms with Gasteiger partial charge in [0, 0.05) is 18.2 Å². The summed E-state index contributed by atoms with van der Waals surface area (Å²) in [6.45, 7) is -0.714. The average Bonchev–Trinajstić information content (AvgIpc) is 3.37. The van der Waals surface area contributed by atoms with Crippen LogP contribution in [0.25, 0.3) is 11.4 Å². The zero-order chi connectivity index (χ0) is 15.5. The van der Waals surface area contributed by atoms with Crippen LogP contribution in [0.1, 0.15) is 24.5 Å². The number of aromatic nitrogens is 4. The summed E-state index contributed by atoms with van der Waals surface area (Å²) < 4.78 is 34.7. The fourth-order valence-electron chi connectivity index (χ4n) is 2.10. The van der Waals surface area contributed by atoms with Gasteiger partial charge >= 0.3 is 0 Å². The fraction of sp³-hybridized carbons (Fsp3) is 0.429. The summed E-state index contributed by atoms with van der Waals surface area (Å²) in [7, 11) is 1.50. The molecule has 22 heavy (non-hydrogen) atoms. The molecule has 0 aliphatic heterocycles. The van der Waals surface area contributed by atoms with Gasteiger partial charge in [-0.1, -0.05) is 0 Å². The topological polar surface area (TPSA) is 70.0 Å². The van der Waals surface area contributed by atoms with Crippen LogP contribution in [0, 0.1) is 0 Å². The van der Waals surface area contributed by atoms with Gasteiger partial charge in [-0.25, -0.2) is 23.7 Å². The lowest BCUT2D eigenvalue weighted by Crippen LogP contribution is -2.09. The molecule has 1 aliphatic rings. The minimum absolute atomic E-state index is 0.0814. The van der Waals surface area contributed by atoms with Crippen LogP contribution < -0.4 is 9.47 Å². The predicted molar refractivity (Wildman–Crippen MR) is 73.1 cm³/mol. The Morgan fingerprint density at radius 1 is 1.27 bits per heavy atom. The van der Waals surface area contributed by atoms with Gasteiger partial charge in [0.15, 0.2) is 12.4 Å². The zero-order valence-corrected chi connectivity index (χ0v) is 11.9. The van der Waals surface area contributed by atoms with E-state index in [-0.39, 0.29) is 5.88 Å². The molecule has 0 bridgehead atoms. The molecule has 0 unspecified atom stereocenters. The third kappa shape index (κ3) is 3.10. The molecule has 0 N–H and O–H groups in total. The number of rotatable bonds is 6. The summed E-state index contributed by atoms with van der Waals surface area (Å²) in [5, 5.41) is 0. The van der Waals surface area contributed by atoms with Crippen LogP contribution in [0.5, 0.6) is 11.8 Å². The van der Waals surface area contributed by atoms with Crippen molar-refractivity contribution in [2.75, 3.05) is 13.7 Å². The van der Waals surface area contributed by atoms with E-state index in [2.05, 4.69) is 19.9 Å². The standard InChI is InChI=1S/C14H14F2N4O2/c1-21-14-11(12(8-2-3-8)18-7-19-14)13-17-5-4-10(20-13)22-6-9(15)16/h4-5,7-9H,2-3,6H2,1H3. The number of methoxy groups -OCH3 is 1.